The van der Waals surface area contributed by atoms with Gasteiger partial charge in [0.15, 0.2) is 0 Å². The van der Waals surface area contributed by atoms with Gasteiger partial charge in [-0.05, 0) is 63.0 Å². The minimum atomic E-state index is -3.53. The molecule has 0 aromatic heterocycles. The summed E-state index contributed by atoms with van der Waals surface area (Å²) < 4.78 is 32.1. The van der Waals surface area contributed by atoms with Crippen molar-refractivity contribution in [2.75, 3.05) is 46.4 Å². The number of ether oxygens (including phenoxy) is 1. The lowest BCUT2D eigenvalue weighted by atomic mass is 9.97. The molecule has 1 aromatic rings. The second-order valence-electron chi connectivity index (χ2n) is 7.55. The van der Waals surface area contributed by atoms with Crippen LogP contribution >= 0.6 is 0 Å². The minimum absolute atomic E-state index is 0.0542. The highest BCUT2D eigenvalue weighted by atomic mass is 32.2. The van der Waals surface area contributed by atoms with Gasteiger partial charge in [-0.3, -0.25) is 4.79 Å². The Morgan fingerprint density at radius 3 is 2.32 bits per heavy atom. The van der Waals surface area contributed by atoms with Crippen LogP contribution in [-0.4, -0.2) is 69.9 Å². The van der Waals surface area contributed by atoms with Gasteiger partial charge in [-0.2, -0.15) is 4.31 Å². The molecule has 0 aliphatic carbocycles. The summed E-state index contributed by atoms with van der Waals surface area (Å²) in [4.78, 5) is 15.1. The van der Waals surface area contributed by atoms with Gasteiger partial charge in [-0.15, -0.1) is 0 Å². The molecular weight excluding hydrogens is 378 g/mol. The molecule has 0 bridgehead atoms. The number of hydrogen-bond acceptors (Lipinski definition) is 5. The number of piperidine rings is 2. The largest absolute Gasteiger partial charge is 0.497 e. The third-order valence-electron chi connectivity index (χ3n) is 5.70. The van der Waals surface area contributed by atoms with Crippen LogP contribution in [0.3, 0.4) is 0 Å². The molecule has 2 heterocycles. The van der Waals surface area contributed by atoms with Crippen molar-refractivity contribution in [3.63, 3.8) is 0 Å². The minimum Gasteiger partial charge on any atom is -0.497 e. The number of carbonyl (C=O) groups excluding carboxylic acids is 1. The van der Waals surface area contributed by atoms with Crippen LogP contribution in [0, 0.1) is 5.92 Å². The lowest BCUT2D eigenvalue weighted by Gasteiger charge is -2.31. The number of likely N-dealkylation sites (tertiary alicyclic amines) is 1. The number of rotatable bonds is 7. The van der Waals surface area contributed by atoms with Crippen LogP contribution in [0.15, 0.2) is 29.2 Å². The second-order valence-corrected chi connectivity index (χ2v) is 9.49. The Balaban J connectivity index is 1.45. The van der Waals surface area contributed by atoms with E-state index >= 15 is 0 Å². The Labute approximate surface area is 168 Å². The summed E-state index contributed by atoms with van der Waals surface area (Å²) >= 11 is 0. The van der Waals surface area contributed by atoms with Crippen molar-refractivity contribution in [3.8, 4) is 5.75 Å². The van der Waals surface area contributed by atoms with Crippen LogP contribution in [0.2, 0.25) is 0 Å². The van der Waals surface area contributed by atoms with Crippen LogP contribution in [0.5, 0.6) is 5.75 Å². The molecule has 156 valence electrons. The van der Waals surface area contributed by atoms with E-state index in [-0.39, 0.29) is 16.7 Å². The highest BCUT2D eigenvalue weighted by Gasteiger charge is 2.32. The Hall–Kier alpha value is -1.64. The summed E-state index contributed by atoms with van der Waals surface area (Å²) in [5, 5.41) is 3.04. The van der Waals surface area contributed by atoms with Gasteiger partial charge in [0, 0.05) is 32.1 Å². The molecular formula is C20H31N3O4S. The van der Waals surface area contributed by atoms with E-state index in [9.17, 15) is 13.2 Å². The number of nitrogens with one attached hydrogen (secondary N) is 1. The number of amides is 1. The van der Waals surface area contributed by atoms with Gasteiger partial charge in [-0.25, -0.2) is 8.42 Å². The number of carbonyl (C=O) groups is 1. The predicted octanol–water partition coefficient (Wildman–Crippen LogP) is 1.70. The van der Waals surface area contributed by atoms with Crippen LogP contribution in [0.25, 0.3) is 0 Å². The fourth-order valence-corrected chi connectivity index (χ4v) is 5.39. The lowest BCUT2D eigenvalue weighted by molar-refractivity contribution is -0.126. The molecule has 2 aliphatic rings. The Bertz CT molecular complexity index is 737. The first-order valence-electron chi connectivity index (χ1n) is 10.1. The van der Waals surface area contributed by atoms with Crippen LogP contribution in [0.1, 0.15) is 32.1 Å². The summed E-state index contributed by atoms with van der Waals surface area (Å²) in [7, 11) is -1.98. The average molecular weight is 410 g/mol. The molecule has 2 fully saturated rings. The van der Waals surface area contributed by atoms with E-state index in [1.165, 1.54) is 23.6 Å². The molecule has 3 rings (SSSR count). The highest BCUT2D eigenvalue weighted by molar-refractivity contribution is 7.89. The molecule has 2 saturated heterocycles. The van der Waals surface area contributed by atoms with E-state index in [0.717, 1.165) is 19.6 Å². The zero-order valence-electron chi connectivity index (χ0n) is 16.6. The van der Waals surface area contributed by atoms with Crippen molar-refractivity contribution >= 4 is 15.9 Å². The first-order valence-corrected chi connectivity index (χ1v) is 11.6. The first kappa shape index (κ1) is 21.1. The van der Waals surface area contributed by atoms with Crippen molar-refractivity contribution in [1.29, 1.82) is 0 Å². The molecule has 7 nitrogen and oxygen atoms in total. The Morgan fingerprint density at radius 2 is 1.71 bits per heavy atom. The van der Waals surface area contributed by atoms with Gasteiger partial charge >= 0.3 is 0 Å². The normalized spacial score (nSPS) is 20.0. The van der Waals surface area contributed by atoms with Crippen LogP contribution < -0.4 is 10.1 Å². The smallest absolute Gasteiger partial charge is 0.243 e. The van der Waals surface area contributed by atoms with Crippen molar-refractivity contribution < 1.29 is 17.9 Å². The van der Waals surface area contributed by atoms with Gasteiger partial charge in [-0.1, -0.05) is 6.42 Å². The molecule has 28 heavy (non-hydrogen) atoms. The highest BCUT2D eigenvalue weighted by Crippen LogP contribution is 2.25. The van der Waals surface area contributed by atoms with Gasteiger partial charge in [0.1, 0.15) is 5.75 Å². The first-order chi connectivity index (χ1) is 13.5. The number of benzene rings is 1. The monoisotopic (exact) mass is 409 g/mol. The Kier molecular flexibility index (Phi) is 7.31. The quantitative estimate of drug-likeness (QED) is 0.742. The number of hydrogen-bond donors (Lipinski definition) is 1. The SMILES string of the molecule is COc1ccc(S(=O)(=O)N2CCC(C(=O)NCCN3CCCCC3)CC2)cc1. The van der Waals surface area contributed by atoms with E-state index in [4.69, 9.17) is 4.74 Å². The van der Waals surface area contributed by atoms with Gasteiger partial charge in [0.25, 0.3) is 0 Å². The standard InChI is InChI=1S/C20H31N3O4S/c1-27-18-5-7-19(8-6-18)28(25,26)23-14-9-17(10-15-23)20(24)21-11-16-22-12-3-2-4-13-22/h5-8,17H,2-4,9-16H2,1H3,(H,21,24). The molecule has 0 spiro atoms. The van der Waals surface area contributed by atoms with E-state index in [0.29, 0.717) is 38.2 Å². The van der Waals surface area contributed by atoms with Crippen LogP contribution in [-0.2, 0) is 14.8 Å². The lowest BCUT2D eigenvalue weighted by Crippen LogP contribution is -2.44. The van der Waals surface area contributed by atoms with Crippen molar-refractivity contribution in [1.82, 2.24) is 14.5 Å². The number of nitrogens with zero attached hydrogens (tertiary/aromatic N) is 2. The molecule has 2 aliphatic heterocycles. The van der Waals surface area contributed by atoms with E-state index in [2.05, 4.69) is 10.2 Å². The fraction of sp³-hybridized carbons (Fsp3) is 0.650. The maximum Gasteiger partial charge on any atom is 0.243 e. The zero-order valence-corrected chi connectivity index (χ0v) is 17.4. The zero-order chi connectivity index (χ0) is 20.0. The van der Waals surface area contributed by atoms with E-state index in [1.807, 2.05) is 0 Å². The summed E-state index contributed by atoms with van der Waals surface area (Å²) in [5.41, 5.74) is 0. The fourth-order valence-electron chi connectivity index (χ4n) is 3.92. The van der Waals surface area contributed by atoms with E-state index in [1.54, 1.807) is 31.4 Å². The van der Waals surface area contributed by atoms with Crippen LogP contribution in [0.4, 0.5) is 0 Å². The third kappa shape index (κ3) is 5.24. The third-order valence-corrected chi connectivity index (χ3v) is 7.61. The van der Waals surface area contributed by atoms with E-state index < -0.39 is 10.0 Å². The summed E-state index contributed by atoms with van der Waals surface area (Å²) in [6.07, 6.45) is 4.92. The van der Waals surface area contributed by atoms with Crippen molar-refractivity contribution in [2.24, 2.45) is 5.92 Å². The van der Waals surface area contributed by atoms with Gasteiger partial charge in [0.05, 0.1) is 12.0 Å². The number of methoxy groups -OCH3 is 1. The molecule has 8 heteroatoms. The maximum absolute atomic E-state index is 12.8. The summed E-state index contributed by atoms with van der Waals surface area (Å²) in [6, 6.07) is 6.42. The molecule has 1 N–H and O–H groups in total. The second kappa shape index (κ2) is 9.71. The molecule has 0 saturated carbocycles. The van der Waals surface area contributed by atoms with Crippen molar-refractivity contribution in [3.05, 3.63) is 24.3 Å². The van der Waals surface area contributed by atoms with Crippen molar-refractivity contribution in [2.45, 2.75) is 37.0 Å². The topological polar surface area (TPSA) is 79.0 Å². The average Bonchev–Trinajstić information content (AvgIpc) is 2.74. The number of sulfonamides is 1. The predicted molar refractivity (Wildman–Crippen MR) is 108 cm³/mol. The summed E-state index contributed by atoms with van der Waals surface area (Å²) in [5.74, 6) is 0.570. The molecule has 0 radical (unpaired) electrons. The molecule has 0 atom stereocenters. The molecule has 1 aromatic carbocycles. The summed E-state index contributed by atoms with van der Waals surface area (Å²) in [6.45, 7) is 4.56. The maximum atomic E-state index is 12.8. The van der Waals surface area contributed by atoms with Gasteiger partial charge in [0.2, 0.25) is 15.9 Å². The molecule has 0 unspecified atom stereocenters. The Morgan fingerprint density at radius 1 is 1.07 bits per heavy atom. The molecule has 1 amide bonds. The van der Waals surface area contributed by atoms with Gasteiger partial charge < -0.3 is 15.0 Å².